The first kappa shape index (κ1) is 12.7. The fraction of sp³-hybridized carbons (Fsp3) is 0.462. The molecule has 1 saturated heterocycles. The number of benzene rings is 1. The Bertz CT molecular complexity index is 421. The lowest BCUT2D eigenvalue weighted by molar-refractivity contribution is -0.142. The Morgan fingerprint density at radius 1 is 1.33 bits per heavy atom. The van der Waals surface area contributed by atoms with Gasteiger partial charge >= 0.3 is 5.97 Å². The van der Waals surface area contributed by atoms with Crippen LogP contribution in [0.5, 0.6) is 11.5 Å². The molecule has 1 heterocycles. The Balaban J connectivity index is 1.92. The lowest BCUT2D eigenvalue weighted by atomic mass is 10.2. The molecule has 0 spiro atoms. The van der Waals surface area contributed by atoms with E-state index in [0.29, 0.717) is 13.0 Å². The zero-order valence-electron chi connectivity index (χ0n) is 10.5. The van der Waals surface area contributed by atoms with Gasteiger partial charge in [-0.1, -0.05) is 6.07 Å². The van der Waals surface area contributed by atoms with E-state index in [9.17, 15) is 4.79 Å². The topological polar surface area (TPSA) is 56.8 Å². The van der Waals surface area contributed by atoms with Gasteiger partial charge in [0.1, 0.15) is 23.6 Å². The van der Waals surface area contributed by atoms with Crippen molar-refractivity contribution in [3.05, 3.63) is 24.3 Å². The van der Waals surface area contributed by atoms with Gasteiger partial charge in [0, 0.05) is 19.0 Å². The van der Waals surface area contributed by atoms with Crippen molar-refractivity contribution < 1.29 is 19.0 Å². The molecule has 1 aliphatic heterocycles. The number of rotatable bonds is 4. The average Bonchev–Trinajstić information content (AvgIpc) is 2.86. The largest absolute Gasteiger partial charge is 0.497 e. The molecule has 1 aromatic rings. The van der Waals surface area contributed by atoms with Crippen molar-refractivity contribution >= 4 is 5.97 Å². The average molecular weight is 251 g/mol. The van der Waals surface area contributed by atoms with Crippen molar-refractivity contribution in [1.29, 1.82) is 0 Å². The lowest BCUT2D eigenvalue weighted by Crippen LogP contribution is -2.31. The number of nitrogens with one attached hydrogen (secondary N) is 1. The third-order valence-electron chi connectivity index (χ3n) is 2.92. The van der Waals surface area contributed by atoms with E-state index in [2.05, 4.69) is 5.32 Å². The molecule has 1 aromatic carbocycles. The van der Waals surface area contributed by atoms with Crippen molar-refractivity contribution in [2.75, 3.05) is 20.8 Å². The number of methoxy groups -OCH3 is 2. The smallest absolute Gasteiger partial charge is 0.323 e. The number of carbonyl (C=O) groups is 1. The summed E-state index contributed by atoms with van der Waals surface area (Å²) in [7, 11) is 3.00. The van der Waals surface area contributed by atoms with Crippen LogP contribution in [0, 0.1) is 0 Å². The van der Waals surface area contributed by atoms with Gasteiger partial charge in [0.05, 0.1) is 14.2 Å². The molecule has 98 valence electrons. The number of hydrogen-bond donors (Lipinski definition) is 1. The maximum absolute atomic E-state index is 11.4. The fourth-order valence-electron chi connectivity index (χ4n) is 1.98. The second-order valence-electron chi connectivity index (χ2n) is 4.14. The number of esters is 1. The monoisotopic (exact) mass is 251 g/mol. The van der Waals surface area contributed by atoms with Gasteiger partial charge in [-0.15, -0.1) is 0 Å². The van der Waals surface area contributed by atoms with Crippen molar-refractivity contribution in [2.45, 2.75) is 18.6 Å². The first-order chi connectivity index (χ1) is 8.72. The highest BCUT2D eigenvalue weighted by molar-refractivity contribution is 5.76. The van der Waals surface area contributed by atoms with E-state index in [-0.39, 0.29) is 18.1 Å². The van der Waals surface area contributed by atoms with Gasteiger partial charge in [0.25, 0.3) is 0 Å². The van der Waals surface area contributed by atoms with Gasteiger partial charge in [0.15, 0.2) is 0 Å². The molecule has 0 unspecified atom stereocenters. The zero-order chi connectivity index (χ0) is 13.0. The third-order valence-corrected chi connectivity index (χ3v) is 2.92. The van der Waals surface area contributed by atoms with Crippen LogP contribution in [0.25, 0.3) is 0 Å². The minimum Gasteiger partial charge on any atom is -0.497 e. The van der Waals surface area contributed by atoms with Crippen molar-refractivity contribution in [1.82, 2.24) is 5.32 Å². The Labute approximate surface area is 106 Å². The van der Waals surface area contributed by atoms with E-state index in [1.165, 1.54) is 7.11 Å². The molecular weight excluding hydrogens is 234 g/mol. The summed E-state index contributed by atoms with van der Waals surface area (Å²) in [6, 6.07) is 7.15. The summed E-state index contributed by atoms with van der Waals surface area (Å²) >= 11 is 0. The molecule has 2 atom stereocenters. The lowest BCUT2D eigenvalue weighted by Gasteiger charge is -2.13. The molecule has 0 aromatic heterocycles. The Morgan fingerprint density at radius 3 is 2.83 bits per heavy atom. The molecule has 1 N–H and O–H groups in total. The van der Waals surface area contributed by atoms with Gasteiger partial charge in [0.2, 0.25) is 0 Å². The van der Waals surface area contributed by atoms with Crippen molar-refractivity contribution in [3.8, 4) is 11.5 Å². The quantitative estimate of drug-likeness (QED) is 0.808. The minimum absolute atomic E-state index is 0.0267. The summed E-state index contributed by atoms with van der Waals surface area (Å²) in [4.78, 5) is 11.4. The first-order valence-electron chi connectivity index (χ1n) is 5.85. The van der Waals surface area contributed by atoms with E-state index >= 15 is 0 Å². The molecule has 0 radical (unpaired) electrons. The summed E-state index contributed by atoms with van der Waals surface area (Å²) in [6.07, 6.45) is 0.588. The Hall–Kier alpha value is -1.75. The highest BCUT2D eigenvalue weighted by Crippen LogP contribution is 2.22. The molecule has 0 amide bonds. The Morgan fingerprint density at radius 2 is 2.11 bits per heavy atom. The van der Waals surface area contributed by atoms with Gasteiger partial charge in [-0.2, -0.15) is 0 Å². The van der Waals surface area contributed by atoms with Crippen LogP contribution in [0.3, 0.4) is 0 Å². The van der Waals surface area contributed by atoms with E-state index < -0.39 is 0 Å². The highest BCUT2D eigenvalue weighted by Gasteiger charge is 2.31. The van der Waals surface area contributed by atoms with Gasteiger partial charge in [-0.05, 0) is 12.1 Å². The van der Waals surface area contributed by atoms with E-state index in [1.54, 1.807) is 7.11 Å². The van der Waals surface area contributed by atoms with Crippen LogP contribution in [0.2, 0.25) is 0 Å². The van der Waals surface area contributed by atoms with Crippen LogP contribution < -0.4 is 14.8 Å². The van der Waals surface area contributed by atoms with Crippen molar-refractivity contribution in [2.24, 2.45) is 0 Å². The first-order valence-corrected chi connectivity index (χ1v) is 5.85. The maximum atomic E-state index is 11.4. The molecule has 5 heteroatoms. The molecule has 0 aliphatic carbocycles. The number of carbonyl (C=O) groups excluding carboxylic acids is 1. The van der Waals surface area contributed by atoms with E-state index in [0.717, 1.165) is 11.5 Å². The summed E-state index contributed by atoms with van der Waals surface area (Å²) in [6.45, 7) is 0.636. The molecule has 1 fully saturated rings. The van der Waals surface area contributed by atoms with Gasteiger partial charge < -0.3 is 19.5 Å². The minimum atomic E-state index is -0.273. The number of ether oxygens (including phenoxy) is 3. The standard InChI is InChI=1S/C13H17NO4/c1-16-9-4-3-5-10(6-9)18-11-7-12(14-8-11)13(15)17-2/h3-6,11-12,14H,7-8H2,1-2H3/t11-,12-/m0/s1. The van der Waals surface area contributed by atoms with Gasteiger partial charge in [-0.25, -0.2) is 0 Å². The van der Waals surface area contributed by atoms with Crippen LogP contribution in [-0.4, -0.2) is 38.9 Å². The predicted molar refractivity (Wildman–Crippen MR) is 65.8 cm³/mol. The Kier molecular flexibility index (Phi) is 4.04. The number of hydrogen-bond acceptors (Lipinski definition) is 5. The molecule has 5 nitrogen and oxygen atoms in total. The molecular formula is C13H17NO4. The van der Waals surface area contributed by atoms with Crippen LogP contribution in [-0.2, 0) is 9.53 Å². The van der Waals surface area contributed by atoms with Crippen LogP contribution in [0.1, 0.15) is 6.42 Å². The SMILES string of the molecule is COC(=O)[C@@H]1C[C@H](Oc2cccc(OC)c2)CN1. The van der Waals surface area contributed by atoms with Crippen LogP contribution in [0.15, 0.2) is 24.3 Å². The molecule has 1 aliphatic rings. The van der Waals surface area contributed by atoms with Crippen molar-refractivity contribution in [3.63, 3.8) is 0 Å². The summed E-state index contributed by atoms with van der Waals surface area (Å²) < 4.78 is 15.6. The van der Waals surface area contributed by atoms with E-state index in [4.69, 9.17) is 14.2 Å². The molecule has 0 saturated carbocycles. The van der Waals surface area contributed by atoms with Crippen LogP contribution in [0.4, 0.5) is 0 Å². The zero-order valence-corrected chi connectivity index (χ0v) is 10.5. The fourth-order valence-corrected chi connectivity index (χ4v) is 1.98. The highest BCUT2D eigenvalue weighted by atomic mass is 16.5. The van der Waals surface area contributed by atoms with Crippen LogP contribution >= 0.6 is 0 Å². The van der Waals surface area contributed by atoms with Gasteiger partial charge in [-0.3, -0.25) is 4.79 Å². The summed E-state index contributed by atoms with van der Waals surface area (Å²) in [5, 5.41) is 3.08. The second-order valence-corrected chi connectivity index (χ2v) is 4.14. The molecule has 18 heavy (non-hydrogen) atoms. The summed E-state index contributed by atoms with van der Waals surface area (Å²) in [5.41, 5.74) is 0. The molecule has 2 rings (SSSR count). The predicted octanol–water partition coefficient (Wildman–Crippen LogP) is 0.977. The maximum Gasteiger partial charge on any atom is 0.323 e. The summed E-state index contributed by atoms with van der Waals surface area (Å²) in [5.74, 6) is 1.25. The van der Waals surface area contributed by atoms with E-state index in [1.807, 2.05) is 24.3 Å². The second kappa shape index (κ2) is 5.73. The normalized spacial score (nSPS) is 22.6. The molecule has 0 bridgehead atoms. The third kappa shape index (κ3) is 2.92.